The third-order valence-corrected chi connectivity index (χ3v) is 6.51. The van der Waals surface area contributed by atoms with Crippen molar-refractivity contribution in [2.45, 2.75) is 30.2 Å². The molecular formula is C22H28N2O3S. The molecule has 0 radical (unpaired) electrons. The van der Waals surface area contributed by atoms with E-state index in [9.17, 15) is 13.2 Å². The Morgan fingerprint density at radius 2 is 1.64 bits per heavy atom. The van der Waals surface area contributed by atoms with Crippen LogP contribution in [-0.4, -0.2) is 57.1 Å². The van der Waals surface area contributed by atoms with E-state index in [1.807, 2.05) is 30.1 Å². The molecule has 1 heterocycles. The second-order valence-corrected chi connectivity index (χ2v) is 9.55. The molecule has 0 aromatic heterocycles. The van der Waals surface area contributed by atoms with Crippen LogP contribution < -0.4 is 0 Å². The number of hydrogen-bond acceptors (Lipinski definition) is 4. The zero-order chi connectivity index (χ0) is 20.1. The first-order valence-corrected chi connectivity index (χ1v) is 11.6. The van der Waals surface area contributed by atoms with E-state index >= 15 is 0 Å². The summed E-state index contributed by atoms with van der Waals surface area (Å²) >= 11 is 0. The highest BCUT2D eigenvalue weighted by molar-refractivity contribution is 7.90. The minimum atomic E-state index is -3.23. The first-order valence-electron chi connectivity index (χ1n) is 9.66. The lowest BCUT2D eigenvalue weighted by Gasteiger charge is -2.32. The van der Waals surface area contributed by atoms with Crippen molar-refractivity contribution in [3.63, 3.8) is 0 Å². The van der Waals surface area contributed by atoms with Gasteiger partial charge in [0.1, 0.15) is 0 Å². The molecule has 0 bridgehead atoms. The molecule has 28 heavy (non-hydrogen) atoms. The monoisotopic (exact) mass is 400 g/mol. The van der Waals surface area contributed by atoms with Crippen molar-refractivity contribution < 1.29 is 13.2 Å². The van der Waals surface area contributed by atoms with Crippen LogP contribution in [0.2, 0.25) is 0 Å². The molecule has 150 valence electrons. The van der Waals surface area contributed by atoms with E-state index in [-0.39, 0.29) is 23.3 Å². The number of sulfone groups is 1. The van der Waals surface area contributed by atoms with Gasteiger partial charge in [0.05, 0.1) is 17.4 Å². The molecule has 5 nitrogen and oxygen atoms in total. The molecule has 1 unspecified atom stereocenters. The van der Waals surface area contributed by atoms with Crippen LogP contribution in [0, 0.1) is 0 Å². The summed E-state index contributed by atoms with van der Waals surface area (Å²) in [5.41, 5.74) is 1.95. The maximum Gasteiger partial charge on any atom is 0.227 e. The van der Waals surface area contributed by atoms with Crippen LogP contribution in [0.5, 0.6) is 0 Å². The lowest BCUT2D eigenvalue weighted by atomic mass is 10.0. The highest BCUT2D eigenvalue weighted by Crippen LogP contribution is 2.24. The van der Waals surface area contributed by atoms with Gasteiger partial charge in [-0.3, -0.25) is 4.79 Å². The van der Waals surface area contributed by atoms with E-state index in [1.54, 1.807) is 24.3 Å². The molecule has 1 fully saturated rings. The normalized spacial score (nSPS) is 16.1. The molecule has 3 rings (SSSR count). The lowest BCUT2D eigenvalue weighted by molar-refractivity contribution is -0.131. The molecular weight excluding hydrogens is 372 g/mol. The van der Waals surface area contributed by atoms with E-state index in [1.165, 1.54) is 19.1 Å². The number of rotatable bonds is 7. The van der Waals surface area contributed by atoms with Crippen LogP contribution >= 0.6 is 0 Å². The van der Waals surface area contributed by atoms with Gasteiger partial charge in [0, 0.05) is 19.8 Å². The van der Waals surface area contributed by atoms with Crippen molar-refractivity contribution >= 4 is 15.7 Å². The zero-order valence-corrected chi connectivity index (χ0v) is 17.4. The van der Waals surface area contributed by atoms with E-state index in [0.29, 0.717) is 0 Å². The quantitative estimate of drug-likeness (QED) is 0.717. The Morgan fingerprint density at radius 3 is 2.21 bits per heavy atom. The van der Waals surface area contributed by atoms with Gasteiger partial charge >= 0.3 is 0 Å². The van der Waals surface area contributed by atoms with Crippen molar-refractivity contribution in [1.82, 2.24) is 9.80 Å². The molecule has 1 aliphatic rings. The molecule has 6 heteroatoms. The van der Waals surface area contributed by atoms with Crippen LogP contribution in [-0.2, 0) is 21.1 Å². The highest BCUT2D eigenvalue weighted by Gasteiger charge is 2.25. The fraction of sp³-hybridized carbons (Fsp3) is 0.409. The first kappa shape index (κ1) is 20.6. The molecule has 1 amide bonds. The van der Waals surface area contributed by atoms with Crippen LogP contribution in [0.4, 0.5) is 0 Å². The SMILES string of the molecule is CN(C(=O)Cc1ccc(S(C)(=O)=O)cc1)C(CN1CCCC1)c1ccccc1. The minimum absolute atomic E-state index is 0.00194. The molecule has 0 saturated carbocycles. The molecule has 0 aliphatic carbocycles. The zero-order valence-electron chi connectivity index (χ0n) is 16.5. The van der Waals surface area contributed by atoms with Gasteiger partial charge in [0.15, 0.2) is 9.84 Å². The number of likely N-dealkylation sites (N-methyl/N-ethyl adjacent to an activating group) is 1. The average Bonchev–Trinajstić information content (AvgIpc) is 3.19. The van der Waals surface area contributed by atoms with Gasteiger partial charge in [-0.2, -0.15) is 0 Å². The van der Waals surface area contributed by atoms with E-state index in [0.717, 1.165) is 30.8 Å². The standard InChI is InChI=1S/C22H28N2O3S/c1-23(22(25)16-18-10-12-20(13-11-18)28(2,26)27)21(17-24-14-6-7-15-24)19-8-4-3-5-9-19/h3-5,8-13,21H,6-7,14-17H2,1-2H3. The van der Waals surface area contributed by atoms with Gasteiger partial charge < -0.3 is 9.80 Å². The summed E-state index contributed by atoms with van der Waals surface area (Å²) in [6, 6.07) is 16.7. The summed E-state index contributed by atoms with van der Waals surface area (Å²) < 4.78 is 23.2. The largest absolute Gasteiger partial charge is 0.337 e. The molecule has 0 N–H and O–H groups in total. The maximum atomic E-state index is 13.0. The Balaban J connectivity index is 1.74. The Bertz CT molecular complexity index is 889. The predicted molar refractivity (Wildman–Crippen MR) is 111 cm³/mol. The Kier molecular flexibility index (Phi) is 6.52. The molecule has 2 aromatic carbocycles. The second-order valence-electron chi connectivity index (χ2n) is 7.53. The first-order chi connectivity index (χ1) is 13.3. The summed E-state index contributed by atoms with van der Waals surface area (Å²) in [7, 11) is -1.37. The topological polar surface area (TPSA) is 57.7 Å². The average molecular weight is 401 g/mol. The van der Waals surface area contributed by atoms with Crippen molar-refractivity contribution in [3.8, 4) is 0 Å². The van der Waals surface area contributed by atoms with Crippen molar-refractivity contribution in [3.05, 3.63) is 65.7 Å². The van der Waals surface area contributed by atoms with Gasteiger partial charge in [-0.1, -0.05) is 42.5 Å². The number of carbonyl (C=O) groups is 1. The van der Waals surface area contributed by atoms with Gasteiger partial charge in [-0.15, -0.1) is 0 Å². The highest BCUT2D eigenvalue weighted by atomic mass is 32.2. The maximum absolute atomic E-state index is 13.0. The summed E-state index contributed by atoms with van der Waals surface area (Å²) in [5, 5.41) is 0. The summed E-state index contributed by atoms with van der Waals surface area (Å²) in [6.07, 6.45) is 3.87. The van der Waals surface area contributed by atoms with E-state index in [2.05, 4.69) is 17.0 Å². The Morgan fingerprint density at radius 1 is 1.04 bits per heavy atom. The number of carbonyl (C=O) groups excluding carboxylic acids is 1. The second kappa shape index (κ2) is 8.88. The third kappa shape index (κ3) is 5.20. The van der Waals surface area contributed by atoms with Crippen molar-refractivity contribution in [2.75, 3.05) is 32.9 Å². The van der Waals surface area contributed by atoms with E-state index < -0.39 is 9.84 Å². The molecule has 1 aliphatic heterocycles. The Hall–Kier alpha value is -2.18. The van der Waals surface area contributed by atoms with Gasteiger partial charge in [-0.25, -0.2) is 8.42 Å². The number of likely N-dealkylation sites (tertiary alicyclic amines) is 1. The smallest absolute Gasteiger partial charge is 0.227 e. The summed E-state index contributed by atoms with van der Waals surface area (Å²) in [6.45, 7) is 3.00. The van der Waals surface area contributed by atoms with Crippen LogP contribution in [0.1, 0.15) is 30.0 Å². The Labute approximate surface area is 167 Å². The third-order valence-electron chi connectivity index (χ3n) is 5.38. The van der Waals surface area contributed by atoms with Crippen LogP contribution in [0.25, 0.3) is 0 Å². The molecule has 1 saturated heterocycles. The lowest BCUT2D eigenvalue weighted by Crippen LogP contribution is -2.39. The minimum Gasteiger partial charge on any atom is -0.337 e. The van der Waals surface area contributed by atoms with Crippen molar-refractivity contribution in [2.24, 2.45) is 0 Å². The van der Waals surface area contributed by atoms with Crippen LogP contribution in [0.3, 0.4) is 0 Å². The van der Waals surface area contributed by atoms with Crippen molar-refractivity contribution in [1.29, 1.82) is 0 Å². The summed E-state index contributed by atoms with van der Waals surface area (Å²) in [5.74, 6) is 0.0279. The van der Waals surface area contributed by atoms with Gasteiger partial charge in [0.25, 0.3) is 0 Å². The fourth-order valence-corrected chi connectivity index (χ4v) is 4.29. The van der Waals surface area contributed by atoms with Crippen LogP contribution in [0.15, 0.2) is 59.5 Å². The van der Waals surface area contributed by atoms with Gasteiger partial charge in [0.2, 0.25) is 5.91 Å². The number of amides is 1. The number of nitrogens with zero attached hydrogens (tertiary/aromatic N) is 2. The number of hydrogen-bond donors (Lipinski definition) is 0. The van der Waals surface area contributed by atoms with Gasteiger partial charge in [-0.05, 0) is 49.2 Å². The van der Waals surface area contributed by atoms with E-state index in [4.69, 9.17) is 0 Å². The molecule has 0 spiro atoms. The number of benzene rings is 2. The summed E-state index contributed by atoms with van der Waals surface area (Å²) in [4.78, 5) is 17.5. The molecule has 1 atom stereocenters. The fourth-order valence-electron chi connectivity index (χ4n) is 3.66. The molecule has 2 aromatic rings. The predicted octanol–water partition coefficient (Wildman–Crippen LogP) is 2.93.